The molecule has 19 heavy (non-hydrogen) atoms. The molecule has 0 aliphatic rings. The summed E-state index contributed by atoms with van der Waals surface area (Å²) >= 11 is 0. The number of nitrogens with two attached hydrogens (primary N) is 1. The fourth-order valence-electron chi connectivity index (χ4n) is 1.14. The highest BCUT2D eigenvalue weighted by Crippen LogP contribution is 1.88. The first-order valence-electron chi connectivity index (χ1n) is 5.93. The van der Waals surface area contributed by atoms with Crippen molar-refractivity contribution in [1.29, 1.82) is 0 Å². The third-order valence-electron chi connectivity index (χ3n) is 2.27. The van der Waals surface area contributed by atoms with Gasteiger partial charge in [-0.25, -0.2) is 0 Å². The minimum atomic E-state index is -0.736. The fourth-order valence-corrected chi connectivity index (χ4v) is 1.14. The Hall–Kier alpha value is -1.15. The summed E-state index contributed by atoms with van der Waals surface area (Å²) in [5, 5.41) is 7.54. The minimum Gasteiger partial charge on any atom is -0.355 e. The summed E-state index contributed by atoms with van der Waals surface area (Å²) in [5.74, 6) is -1.11. The number of hydrogen-bond donors (Lipinski definition) is 4. The number of halogens is 1. The number of carbonyl (C=O) groups excluding carboxylic acids is 3. The first-order valence-corrected chi connectivity index (χ1v) is 5.93. The fraction of sp³-hybridized carbons (Fsp3) is 0.727. The van der Waals surface area contributed by atoms with Crippen LogP contribution in [0, 0.1) is 0 Å². The topological polar surface area (TPSA) is 113 Å². The Morgan fingerprint density at radius 2 is 1.37 bits per heavy atom. The van der Waals surface area contributed by atoms with Crippen LogP contribution in [0.1, 0.15) is 27.7 Å². The molecule has 7 nitrogen and oxygen atoms in total. The highest BCUT2D eigenvalue weighted by Gasteiger charge is 2.21. The molecule has 5 N–H and O–H groups in total. The van der Waals surface area contributed by atoms with E-state index in [1.165, 1.54) is 13.8 Å². The molecule has 8 heteroatoms. The lowest BCUT2D eigenvalue weighted by atomic mass is 10.2. The maximum atomic E-state index is 11.7. The molecule has 0 aromatic rings. The summed E-state index contributed by atoms with van der Waals surface area (Å²) < 4.78 is 0. The second-order valence-electron chi connectivity index (χ2n) is 4.14. The Morgan fingerprint density at radius 1 is 0.947 bits per heavy atom. The van der Waals surface area contributed by atoms with Crippen molar-refractivity contribution in [1.82, 2.24) is 16.0 Å². The normalized spacial score (nSPS) is 14.4. The van der Waals surface area contributed by atoms with Crippen molar-refractivity contribution in [3.8, 4) is 0 Å². The Balaban J connectivity index is 0. The molecule has 3 atom stereocenters. The number of likely N-dealkylation sites (N-methyl/N-ethyl adjacent to an activating group) is 1. The van der Waals surface area contributed by atoms with Gasteiger partial charge >= 0.3 is 0 Å². The summed E-state index contributed by atoms with van der Waals surface area (Å²) in [5.41, 5.74) is 5.37. The highest BCUT2D eigenvalue weighted by molar-refractivity contribution is 8.93. The van der Waals surface area contributed by atoms with E-state index in [4.69, 9.17) is 5.73 Å². The highest BCUT2D eigenvalue weighted by atomic mass is 79.9. The van der Waals surface area contributed by atoms with Crippen LogP contribution in [0.25, 0.3) is 0 Å². The van der Waals surface area contributed by atoms with Gasteiger partial charge < -0.3 is 21.7 Å². The largest absolute Gasteiger partial charge is 0.355 e. The second kappa shape index (κ2) is 9.74. The Labute approximate surface area is 123 Å². The van der Waals surface area contributed by atoms with Crippen LogP contribution in [0.3, 0.4) is 0 Å². The predicted molar refractivity (Wildman–Crippen MR) is 77.9 cm³/mol. The smallest absolute Gasteiger partial charge is 0.242 e. The molecule has 0 heterocycles. The summed E-state index contributed by atoms with van der Waals surface area (Å²) in [7, 11) is 0. The summed E-state index contributed by atoms with van der Waals surface area (Å²) in [4.78, 5) is 34.4. The van der Waals surface area contributed by atoms with Crippen LogP contribution in [0.15, 0.2) is 0 Å². The number of hydrogen-bond acceptors (Lipinski definition) is 4. The molecule has 0 unspecified atom stereocenters. The third kappa shape index (κ3) is 7.78. The first kappa shape index (κ1) is 20.2. The summed E-state index contributed by atoms with van der Waals surface area (Å²) in [6.45, 7) is 6.91. The number of carbonyl (C=O) groups is 3. The van der Waals surface area contributed by atoms with Crippen molar-refractivity contribution < 1.29 is 14.4 Å². The number of nitrogens with one attached hydrogen (secondary N) is 3. The van der Waals surface area contributed by atoms with E-state index >= 15 is 0 Å². The third-order valence-corrected chi connectivity index (χ3v) is 2.27. The average molecular weight is 339 g/mol. The summed E-state index contributed by atoms with van der Waals surface area (Å²) in [6.07, 6.45) is 0. The van der Waals surface area contributed by atoms with Crippen molar-refractivity contribution in [2.45, 2.75) is 45.8 Å². The lowest BCUT2D eigenvalue weighted by Gasteiger charge is -2.18. The van der Waals surface area contributed by atoms with Gasteiger partial charge in [-0.2, -0.15) is 0 Å². The van der Waals surface area contributed by atoms with E-state index in [1.54, 1.807) is 13.8 Å². The molecule has 3 amide bonds. The van der Waals surface area contributed by atoms with Crippen molar-refractivity contribution in [2.75, 3.05) is 6.54 Å². The molecule has 0 fully saturated rings. The van der Waals surface area contributed by atoms with Gasteiger partial charge in [0.05, 0.1) is 6.04 Å². The quantitative estimate of drug-likeness (QED) is 0.500. The lowest BCUT2D eigenvalue weighted by molar-refractivity contribution is -0.131. The van der Waals surface area contributed by atoms with E-state index in [1.807, 2.05) is 0 Å². The van der Waals surface area contributed by atoms with Crippen LogP contribution in [0.4, 0.5) is 0 Å². The Morgan fingerprint density at radius 3 is 1.79 bits per heavy atom. The standard InChI is InChI=1S/C11H22N4O3.BrH/c1-5-13-10(17)7(3)15-11(18)8(4)14-9(16)6(2)12;/h6-8H,5,12H2,1-4H3,(H,13,17)(H,14,16)(H,15,18);1H/t6-,7-,8-;/m0./s1. The van der Waals surface area contributed by atoms with Gasteiger partial charge in [-0.3, -0.25) is 14.4 Å². The molecule has 0 aromatic carbocycles. The molecule has 0 aromatic heterocycles. The van der Waals surface area contributed by atoms with Crippen molar-refractivity contribution in [2.24, 2.45) is 5.73 Å². The van der Waals surface area contributed by atoms with E-state index < -0.39 is 29.9 Å². The van der Waals surface area contributed by atoms with Crippen molar-refractivity contribution in [3.63, 3.8) is 0 Å². The maximum absolute atomic E-state index is 11.7. The molecule has 0 spiro atoms. The molecule has 0 saturated heterocycles. The summed E-state index contributed by atoms with van der Waals surface area (Å²) in [6, 6.07) is -2.06. The van der Waals surface area contributed by atoms with Gasteiger partial charge in [-0.1, -0.05) is 0 Å². The van der Waals surface area contributed by atoms with Crippen LogP contribution in [-0.4, -0.2) is 42.4 Å². The van der Waals surface area contributed by atoms with Crippen molar-refractivity contribution in [3.05, 3.63) is 0 Å². The molecule has 112 valence electrons. The van der Waals surface area contributed by atoms with E-state index in [2.05, 4.69) is 16.0 Å². The predicted octanol–water partition coefficient (Wildman–Crippen LogP) is -0.943. The zero-order valence-corrected chi connectivity index (χ0v) is 13.4. The Bertz CT molecular complexity index is 323. The molecule has 0 aliphatic heterocycles. The zero-order chi connectivity index (χ0) is 14.3. The van der Waals surface area contributed by atoms with Crippen LogP contribution >= 0.6 is 17.0 Å². The average Bonchev–Trinajstić information content (AvgIpc) is 2.28. The molecule has 0 bridgehead atoms. The maximum Gasteiger partial charge on any atom is 0.242 e. The molecule has 0 radical (unpaired) electrons. The van der Waals surface area contributed by atoms with Crippen LogP contribution in [-0.2, 0) is 14.4 Å². The number of rotatable bonds is 6. The van der Waals surface area contributed by atoms with Gasteiger partial charge in [0.25, 0.3) is 0 Å². The van der Waals surface area contributed by atoms with E-state index in [-0.39, 0.29) is 22.9 Å². The molecule has 0 rings (SSSR count). The molecular formula is C11H23BrN4O3. The monoisotopic (exact) mass is 338 g/mol. The van der Waals surface area contributed by atoms with Crippen LogP contribution in [0.5, 0.6) is 0 Å². The van der Waals surface area contributed by atoms with Crippen LogP contribution < -0.4 is 21.7 Å². The lowest BCUT2D eigenvalue weighted by Crippen LogP contribution is -2.53. The van der Waals surface area contributed by atoms with Gasteiger partial charge in [0.2, 0.25) is 17.7 Å². The second-order valence-corrected chi connectivity index (χ2v) is 4.14. The van der Waals surface area contributed by atoms with Crippen LogP contribution in [0.2, 0.25) is 0 Å². The van der Waals surface area contributed by atoms with E-state index in [0.29, 0.717) is 6.54 Å². The van der Waals surface area contributed by atoms with Gasteiger partial charge in [-0.15, -0.1) is 17.0 Å². The molecular weight excluding hydrogens is 316 g/mol. The van der Waals surface area contributed by atoms with E-state index in [9.17, 15) is 14.4 Å². The first-order chi connectivity index (χ1) is 8.29. The minimum absolute atomic E-state index is 0. The van der Waals surface area contributed by atoms with Gasteiger partial charge in [0.1, 0.15) is 12.1 Å². The molecule has 0 aliphatic carbocycles. The Kier molecular flexibility index (Phi) is 10.3. The van der Waals surface area contributed by atoms with Crippen molar-refractivity contribution >= 4 is 34.7 Å². The van der Waals surface area contributed by atoms with Gasteiger partial charge in [0, 0.05) is 6.54 Å². The number of amides is 3. The van der Waals surface area contributed by atoms with Gasteiger partial charge in [0.15, 0.2) is 0 Å². The van der Waals surface area contributed by atoms with E-state index in [0.717, 1.165) is 0 Å². The van der Waals surface area contributed by atoms with Gasteiger partial charge in [-0.05, 0) is 27.7 Å². The molecule has 0 saturated carbocycles. The zero-order valence-electron chi connectivity index (χ0n) is 11.6. The SMILES string of the molecule is Br.CCNC(=O)[C@H](C)NC(=O)[C@H](C)NC(=O)[C@H](C)N.